The van der Waals surface area contributed by atoms with Crippen molar-refractivity contribution < 1.29 is 0 Å². The highest BCUT2D eigenvalue weighted by atomic mass is 32.1. The summed E-state index contributed by atoms with van der Waals surface area (Å²) >= 11 is 1.72. The number of pyridine rings is 1. The van der Waals surface area contributed by atoms with Crippen LogP contribution >= 0.6 is 11.3 Å². The van der Waals surface area contributed by atoms with Crippen molar-refractivity contribution in [3.8, 4) is 0 Å². The topological polar surface area (TPSA) is 32.3 Å². The molecular weight excluding hydrogens is 244 g/mol. The van der Waals surface area contributed by atoms with Gasteiger partial charge in [0.2, 0.25) is 0 Å². The third kappa shape index (κ3) is 1.61. The molecule has 5 heteroatoms. The smallest absolute Gasteiger partial charge is 0.187 e. The zero-order valence-electron chi connectivity index (χ0n) is 10.4. The molecule has 18 heavy (non-hydrogen) atoms. The molecule has 0 amide bonds. The van der Waals surface area contributed by atoms with Crippen molar-refractivity contribution in [3.05, 3.63) is 18.3 Å². The van der Waals surface area contributed by atoms with Gasteiger partial charge in [0.1, 0.15) is 10.3 Å². The van der Waals surface area contributed by atoms with E-state index in [4.69, 9.17) is 4.98 Å². The Morgan fingerprint density at radius 1 is 1.22 bits per heavy atom. The quantitative estimate of drug-likeness (QED) is 0.781. The minimum Gasteiger partial charge on any atom is -0.347 e. The van der Waals surface area contributed by atoms with Crippen molar-refractivity contribution in [2.45, 2.75) is 0 Å². The summed E-state index contributed by atoms with van der Waals surface area (Å²) in [7, 11) is 2.23. The molecule has 2 saturated heterocycles. The SMILES string of the molecule is CN1CC2CN(c3nc4cccnc4s3)CC2C1. The minimum atomic E-state index is 0.829. The average Bonchev–Trinajstić information content (AvgIpc) is 2.98. The minimum absolute atomic E-state index is 0.829. The van der Waals surface area contributed by atoms with Crippen LogP contribution in [0.25, 0.3) is 10.3 Å². The van der Waals surface area contributed by atoms with Gasteiger partial charge in [0.05, 0.1) is 0 Å². The predicted molar refractivity (Wildman–Crippen MR) is 74.1 cm³/mol. The van der Waals surface area contributed by atoms with Crippen LogP contribution in [0.2, 0.25) is 0 Å². The van der Waals surface area contributed by atoms with Crippen molar-refractivity contribution in [3.63, 3.8) is 0 Å². The molecule has 4 heterocycles. The van der Waals surface area contributed by atoms with Gasteiger partial charge < -0.3 is 9.80 Å². The summed E-state index contributed by atoms with van der Waals surface area (Å²) in [5.41, 5.74) is 1.03. The molecule has 2 unspecified atom stereocenters. The van der Waals surface area contributed by atoms with E-state index in [-0.39, 0.29) is 0 Å². The van der Waals surface area contributed by atoms with E-state index in [1.165, 1.54) is 13.1 Å². The average molecular weight is 260 g/mol. The van der Waals surface area contributed by atoms with E-state index in [2.05, 4.69) is 21.8 Å². The fraction of sp³-hybridized carbons (Fsp3) is 0.538. The Hall–Kier alpha value is -1.20. The van der Waals surface area contributed by atoms with Gasteiger partial charge in [0.15, 0.2) is 5.13 Å². The standard InChI is InChI=1S/C13H16N4S/c1-16-5-9-7-17(8-10(9)6-16)13-15-11-3-2-4-14-12(11)18-13/h2-4,9-10H,5-8H2,1H3. The number of anilines is 1. The molecule has 2 fully saturated rings. The third-order valence-corrected chi connectivity index (χ3v) is 5.13. The van der Waals surface area contributed by atoms with Crippen molar-refractivity contribution in [1.82, 2.24) is 14.9 Å². The van der Waals surface area contributed by atoms with E-state index < -0.39 is 0 Å². The number of likely N-dealkylation sites (tertiary alicyclic amines) is 1. The maximum Gasteiger partial charge on any atom is 0.187 e. The second-order valence-electron chi connectivity index (χ2n) is 5.47. The molecule has 0 aromatic carbocycles. The molecule has 0 spiro atoms. The van der Waals surface area contributed by atoms with Crippen LogP contribution < -0.4 is 4.90 Å². The number of aromatic nitrogens is 2. The zero-order valence-corrected chi connectivity index (χ0v) is 11.2. The number of thiazole rings is 1. The van der Waals surface area contributed by atoms with Crippen LogP contribution in [0.3, 0.4) is 0 Å². The van der Waals surface area contributed by atoms with E-state index in [0.29, 0.717) is 0 Å². The second-order valence-corrected chi connectivity index (χ2v) is 6.43. The molecule has 0 saturated carbocycles. The van der Waals surface area contributed by atoms with Gasteiger partial charge in [-0.05, 0) is 31.0 Å². The second kappa shape index (κ2) is 3.90. The lowest BCUT2D eigenvalue weighted by molar-refractivity contribution is 0.387. The number of nitrogens with zero attached hydrogens (tertiary/aromatic N) is 4. The first-order chi connectivity index (χ1) is 8.79. The Labute approximate surface area is 110 Å². The van der Waals surface area contributed by atoms with Gasteiger partial charge >= 0.3 is 0 Å². The highest BCUT2D eigenvalue weighted by Gasteiger charge is 2.39. The van der Waals surface area contributed by atoms with Crippen molar-refractivity contribution in [2.24, 2.45) is 11.8 Å². The lowest BCUT2D eigenvalue weighted by Gasteiger charge is -2.17. The molecule has 0 bridgehead atoms. The Bertz CT molecular complexity index is 534. The molecule has 4 rings (SSSR count). The Morgan fingerprint density at radius 3 is 2.72 bits per heavy atom. The molecule has 94 valence electrons. The zero-order chi connectivity index (χ0) is 12.1. The summed E-state index contributed by atoms with van der Waals surface area (Å²) < 4.78 is 0. The maximum absolute atomic E-state index is 4.71. The number of fused-ring (bicyclic) bond motifs is 2. The lowest BCUT2D eigenvalue weighted by Crippen LogP contribution is -2.26. The van der Waals surface area contributed by atoms with Crippen molar-refractivity contribution >= 4 is 26.8 Å². The monoisotopic (exact) mass is 260 g/mol. The van der Waals surface area contributed by atoms with Crippen LogP contribution in [0, 0.1) is 11.8 Å². The Balaban J connectivity index is 1.61. The first kappa shape index (κ1) is 10.7. The number of rotatable bonds is 1. The largest absolute Gasteiger partial charge is 0.347 e. The number of hydrogen-bond acceptors (Lipinski definition) is 5. The lowest BCUT2D eigenvalue weighted by atomic mass is 10.0. The van der Waals surface area contributed by atoms with E-state index in [1.807, 2.05) is 18.3 Å². The van der Waals surface area contributed by atoms with Crippen LogP contribution in [0.1, 0.15) is 0 Å². The third-order valence-electron chi connectivity index (χ3n) is 4.09. The van der Waals surface area contributed by atoms with E-state index >= 15 is 0 Å². The summed E-state index contributed by atoms with van der Waals surface area (Å²) in [6, 6.07) is 4.01. The molecule has 0 N–H and O–H groups in total. The van der Waals surface area contributed by atoms with Crippen LogP contribution in [0.4, 0.5) is 5.13 Å². The Kier molecular flexibility index (Phi) is 2.32. The fourth-order valence-electron chi connectivity index (χ4n) is 3.28. The van der Waals surface area contributed by atoms with E-state index in [9.17, 15) is 0 Å². The molecule has 2 aliphatic rings. The predicted octanol–water partition coefficient (Wildman–Crippen LogP) is 1.69. The highest BCUT2D eigenvalue weighted by molar-refractivity contribution is 7.21. The summed E-state index contributed by atoms with van der Waals surface area (Å²) in [4.78, 5) is 15.0. The summed E-state index contributed by atoms with van der Waals surface area (Å²) in [5.74, 6) is 1.66. The number of hydrogen-bond donors (Lipinski definition) is 0. The summed E-state index contributed by atoms with van der Waals surface area (Å²) in [6.45, 7) is 4.80. The van der Waals surface area contributed by atoms with Crippen LogP contribution in [0.15, 0.2) is 18.3 Å². The normalized spacial score (nSPS) is 28.2. The van der Waals surface area contributed by atoms with Gasteiger partial charge in [-0.25, -0.2) is 9.97 Å². The van der Waals surface area contributed by atoms with Gasteiger partial charge in [-0.1, -0.05) is 11.3 Å². The highest BCUT2D eigenvalue weighted by Crippen LogP contribution is 2.36. The first-order valence-electron chi connectivity index (χ1n) is 6.44. The maximum atomic E-state index is 4.71. The first-order valence-corrected chi connectivity index (χ1v) is 7.26. The summed E-state index contributed by atoms with van der Waals surface area (Å²) in [5, 5.41) is 1.15. The molecule has 2 aliphatic heterocycles. The molecule has 2 aromatic rings. The van der Waals surface area contributed by atoms with Gasteiger partial charge in [0.25, 0.3) is 0 Å². The molecule has 4 nitrogen and oxygen atoms in total. The van der Waals surface area contributed by atoms with Crippen LogP contribution in [-0.2, 0) is 0 Å². The molecular formula is C13H16N4S. The molecule has 2 aromatic heterocycles. The van der Waals surface area contributed by atoms with E-state index in [0.717, 1.165) is 40.4 Å². The molecule has 0 aliphatic carbocycles. The Morgan fingerprint density at radius 2 is 2.00 bits per heavy atom. The fourth-order valence-corrected chi connectivity index (χ4v) is 4.20. The van der Waals surface area contributed by atoms with Crippen molar-refractivity contribution in [2.75, 3.05) is 38.1 Å². The van der Waals surface area contributed by atoms with Gasteiger partial charge in [-0.15, -0.1) is 0 Å². The van der Waals surface area contributed by atoms with Crippen molar-refractivity contribution in [1.29, 1.82) is 0 Å². The van der Waals surface area contributed by atoms with Crippen LogP contribution in [-0.4, -0.2) is 48.1 Å². The summed E-state index contributed by atoms with van der Waals surface area (Å²) in [6.07, 6.45) is 1.85. The van der Waals surface area contributed by atoms with Gasteiger partial charge in [-0.3, -0.25) is 0 Å². The molecule has 0 radical (unpaired) electrons. The van der Waals surface area contributed by atoms with Crippen LogP contribution in [0.5, 0.6) is 0 Å². The van der Waals surface area contributed by atoms with Gasteiger partial charge in [-0.2, -0.15) is 0 Å². The molecule has 2 atom stereocenters. The van der Waals surface area contributed by atoms with E-state index in [1.54, 1.807) is 11.3 Å². The van der Waals surface area contributed by atoms with Gasteiger partial charge in [0, 0.05) is 32.4 Å².